The molecule has 8 heteroatoms. The monoisotopic (exact) mass is 478 g/mol. The molecule has 124 valence electrons. The van der Waals surface area contributed by atoms with Gasteiger partial charge in [-0.05, 0) is 11.6 Å². The smallest absolute Gasteiger partial charge is 0 e. The van der Waals surface area contributed by atoms with Crippen molar-refractivity contribution in [1.29, 1.82) is 0 Å². The number of hydrogen-bond donors (Lipinski definition) is 0. The van der Waals surface area contributed by atoms with E-state index in [1.165, 1.54) is 0 Å². The first-order valence-electron chi connectivity index (χ1n) is 5.10. The van der Waals surface area contributed by atoms with Gasteiger partial charge in [-0.15, -0.1) is 0 Å². The van der Waals surface area contributed by atoms with Crippen LogP contribution in [-0.4, -0.2) is 11.0 Å². The maximum absolute atomic E-state index is 7.50. The Labute approximate surface area is 166 Å². The fourth-order valence-corrected chi connectivity index (χ4v) is 1.06. The summed E-state index contributed by atoms with van der Waals surface area (Å²) in [6, 6.07) is 10.1. The van der Waals surface area contributed by atoms with Crippen LogP contribution in [0, 0.1) is 39.9 Å². The third-order valence-electron chi connectivity index (χ3n) is 1.41. The van der Waals surface area contributed by atoms with Gasteiger partial charge in [-0.1, -0.05) is 59.0 Å². The van der Waals surface area contributed by atoms with Crippen molar-refractivity contribution in [2.45, 2.75) is 0 Å². The Kier molecular flexibility index (Phi) is 92.1. The van der Waals surface area contributed by atoms with Crippen LogP contribution < -0.4 is 0 Å². The van der Waals surface area contributed by atoms with Gasteiger partial charge in [0, 0.05) is 21.8 Å². The molecule has 1 aromatic carbocycles. The summed E-state index contributed by atoms with van der Waals surface area (Å²) in [5.41, 5.74) is 1.16. The Hall–Kier alpha value is -1.12. The zero-order valence-corrected chi connectivity index (χ0v) is 15.6. The van der Waals surface area contributed by atoms with Crippen molar-refractivity contribution in [1.82, 2.24) is 0 Å². The predicted molar refractivity (Wildman–Crippen MR) is 83.2 cm³/mol. The molecule has 0 fully saturated rings. The number of alkyl halides is 1. The second-order valence-electron chi connectivity index (χ2n) is 2.40. The molecule has 0 aliphatic rings. The summed E-state index contributed by atoms with van der Waals surface area (Å²) < 4.78 is 43.6. The van der Waals surface area contributed by atoms with Crippen LogP contribution in [0.2, 0.25) is 0 Å². The topological polar surface area (TPSA) is 109 Å². The quantitative estimate of drug-likeness (QED) is 0.210. The standard InChI is InChI=1S/C11H11IO.5CO.Cr/c12-8-10-13-9-4-7-11-5-2-1-3-6-11;5*1-2;/h1-7H,8,10H2;;;;;;/b7-4+;;;;;;. The van der Waals surface area contributed by atoms with Crippen molar-refractivity contribution in [3.05, 3.63) is 81.8 Å². The molecule has 0 N–H and O–H groups in total. The molecular formula is C16H11CrIO6. The Morgan fingerprint density at radius 2 is 1.29 bits per heavy atom. The van der Waals surface area contributed by atoms with Crippen molar-refractivity contribution in [2.75, 3.05) is 11.0 Å². The van der Waals surface area contributed by atoms with E-state index in [0.29, 0.717) is 0 Å². The third kappa shape index (κ3) is 42.8. The van der Waals surface area contributed by atoms with E-state index >= 15 is 0 Å². The molecule has 24 heavy (non-hydrogen) atoms. The van der Waals surface area contributed by atoms with Gasteiger partial charge in [-0.25, -0.2) is 0 Å². The summed E-state index contributed by atoms with van der Waals surface area (Å²) in [6.45, 7) is 26.0. The minimum atomic E-state index is 0. The van der Waals surface area contributed by atoms with E-state index in [4.69, 9.17) is 28.0 Å². The first kappa shape index (κ1) is 38.4. The molecule has 0 bridgehead atoms. The first-order valence-corrected chi connectivity index (χ1v) is 6.63. The molecule has 0 saturated heterocycles. The fourth-order valence-electron chi connectivity index (χ4n) is 0.840. The second-order valence-corrected chi connectivity index (χ2v) is 3.48. The van der Waals surface area contributed by atoms with E-state index in [2.05, 4.69) is 62.4 Å². The maximum atomic E-state index is 7.50. The van der Waals surface area contributed by atoms with Crippen LogP contribution in [0.3, 0.4) is 0 Å². The Morgan fingerprint density at radius 3 is 1.67 bits per heavy atom. The van der Waals surface area contributed by atoms with E-state index in [1.54, 1.807) is 6.08 Å². The van der Waals surface area contributed by atoms with E-state index in [1.807, 2.05) is 36.4 Å². The van der Waals surface area contributed by atoms with Crippen molar-refractivity contribution >= 4 is 28.7 Å². The summed E-state index contributed by atoms with van der Waals surface area (Å²) in [4.78, 5) is 0. The van der Waals surface area contributed by atoms with Crippen LogP contribution >= 0.6 is 22.6 Å². The van der Waals surface area contributed by atoms with Crippen LogP contribution in [0.15, 0.2) is 36.4 Å². The van der Waals surface area contributed by atoms with Crippen LogP contribution in [0.25, 0.3) is 6.08 Å². The zero-order valence-electron chi connectivity index (χ0n) is 12.2. The summed E-state index contributed by atoms with van der Waals surface area (Å²) in [7, 11) is 0. The van der Waals surface area contributed by atoms with Gasteiger partial charge in [0.15, 0.2) is 6.61 Å². The number of halogens is 1. The molecule has 2 radical (unpaired) electrons. The summed E-state index contributed by atoms with van der Waals surface area (Å²) in [5, 5.41) is 0. The number of rotatable bonds is 5. The third-order valence-corrected chi connectivity index (χ3v) is 1.85. The number of hydrogen-bond acceptors (Lipinski definition) is 1. The van der Waals surface area contributed by atoms with Crippen LogP contribution in [0.4, 0.5) is 0 Å². The summed E-state index contributed by atoms with van der Waals surface area (Å²) in [5.74, 6) is 0. The van der Waals surface area contributed by atoms with Crippen LogP contribution in [0.5, 0.6) is 0 Å². The van der Waals surface area contributed by atoms with E-state index in [-0.39, 0.29) is 17.4 Å². The maximum Gasteiger partial charge on any atom is 0 e. The van der Waals surface area contributed by atoms with Gasteiger partial charge in [0.1, 0.15) is 0 Å². The van der Waals surface area contributed by atoms with Crippen molar-refractivity contribution in [3.8, 4) is 0 Å². The Balaban J connectivity index is -0.0000000634. The Morgan fingerprint density at radius 1 is 0.875 bits per heavy atom. The normalized spacial score (nSPS) is 6.29. The molecule has 1 rings (SSSR count). The molecule has 0 atom stereocenters. The molecule has 0 aromatic heterocycles. The van der Waals surface area contributed by atoms with Crippen molar-refractivity contribution in [3.63, 3.8) is 0 Å². The fraction of sp³-hybridized carbons (Fsp3) is 0.125. The van der Waals surface area contributed by atoms with E-state index in [0.717, 1.165) is 16.6 Å². The summed E-state index contributed by atoms with van der Waals surface area (Å²) in [6.07, 6.45) is 3.76. The second kappa shape index (κ2) is 57.5. The molecule has 0 amide bonds. The largest absolute Gasteiger partial charge is 0 e. The molecule has 0 aliphatic carbocycles. The molecule has 1 aromatic rings. The van der Waals surface area contributed by atoms with Crippen molar-refractivity contribution in [2.24, 2.45) is 0 Å². The molecule has 0 spiro atoms. The Bertz CT molecular complexity index is 403. The van der Waals surface area contributed by atoms with Gasteiger partial charge in [-0.3, -0.25) is 0 Å². The number of benzene rings is 1. The van der Waals surface area contributed by atoms with Gasteiger partial charge >= 0.3 is 56.5 Å². The molecule has 0 saturated carbocycles. The average Bonchev–Trinajstić information content (AvgIpc) is 2.70. The SMILES string of the molecule is ICCO[C]/C=C/c1ccccc1.[C-]#[O+].[C-]#[O+].[C-]#[O+].[C-]#[O+].[C-]#[O+].[Cr]. The molecule has 0 unspecified atom stereocenters. The number of ether oxygens (including phenoxy) is 1. The van der Waals surface area contributed by atoms with Gasteiger partial charge in [-0.2, -0.15) is 0 Å². The minimum Gasteiger partial charge on any atom is 0 e. The molecule has 6 nitrogen and oxygen atoms in total. The zero-order chi connectivity index (χ0) is 19.4. The molecule has 0 heterocycles. The van der Waals surface area contributed by atoms with E-state index in [9.17, 15) is 0 Å². The predicted octanol–water partition coefficient (Wildman–Crippen LogP) is 3.00. The van der Waals surface area contributed by atoms with Crippen LogP contribution in [0.1, 0.15) is 5.56 Å². The minimum absolute atomic E-state index is 0. The van der Waals surface area contributed by atoms with Gasteiger partial charge in [0.05, 0.1) is 6.61 Å². The summed E-state index contributed by atoms with van der Waals surface area (Å²) >= 11 is 2.26. The molecular weight excluding hydrogens is 467 g/mol. The first-order chi connectivity index (χ1) is 11.4. The van der Waals surface area contributed by atoms with Gasteiger partial charge < -0.3 is 4.74 Å². The molecule has 0 aliphatic heterocycles. The van der Waals surface area contributed by atoms with Gasteiger partial charge in [0.25, 0.3) is 0 Å². The van der Waals surface area contributed by atoms with Crippen LogP contribution in [-0.2, 0) is 45.4 Å². The average molecular weight is 478 g/mol. The van der Waals surface area contributed by atoms with Crippen molar-refractivity contribution < 1.29 is 45.4 Å². The van der Waals surface area contributed by atoms with E-state index < -0.39 is 0 Å². The van der Waals surface area contributed by atoms with Gasteiger partial charge in [0.2, 0.25) is 0 Å².